The molecular formula is C9H18N2S. The van der Waals surface area contributed by atoms with E-state index in [1.54, 1.807) is 0 Å². The van der Waals surface area contributed by atoms with Crippen LogP contribution in [0.4, 0.5) is 0 Å². The standard InChI is InChI=1S/C9H18N2S/c1-7-4-5-11(6-8(7)2)9(12)10-3/h7-8H,4-6H2,1-3H3,(H,10,12). The van der Waals surface area contributed by atoms with Gasteiger partial charge in [-0.2, -0.15) is 0 Å². The van der Waals surface area contributed by atoms with Gasteiger partial charge in [0.1, 0.15) is 0 Å². The first-order valence-electron chi connectivity index (χ1n) is 4.61. The molecule has 1 aliphatic heterocycles. The van der Waals surface area contributed by atoms with Crippen molar-refractivity contribution in [2.75, 3.05) is 20.1 Å². The highest BCUT2D eigenvalue weighted by Crippen LogP contribution is 2.22. The fourth-order valence-corrected chi connectivity index (χ4v) is 1.77. The lowest BCUT2D eigenvalue weighted by molar-refractivity contribution is 0.203. The van der Waals surface area contributed by atoms with Crippen molar-refractivity contribution in [2.45, 2.75) is 20.3 Å². The molecule has 3 heteroatoms. The molecule has 0 bridgehead atoms. The van der Waals surface area contributed by atoms with Crippen LogP contribution in [0.1, 0.15) is 20.3 Å². The van der Waals surface area contributed by atoms with Crippen molar-refractivity contribution in [1.82, 2.24) is 10.2 Å². The van der Waals surface area contributed by atoms with E-state index in [0.29, 0.717) is 0 Å². The highest BCUT2D eigenvalue weighted by Gasteiger charge is 2.23. The Morgan fingerprint density at radius 2 is 2.08 bits per heavy atom. The molecule has 1 N–H and O–H groups in total. The second kappa shape index (κ2) is 4.08. The Balaban J connectivity index is 2.45. The topological polar surface area (TPSA) is 15.3 Å². The van der Waals surface area contributed by atoms with Gasteiger partial charge in [0, 0.05) is 20.1 Å². The molecule has 0 radical (unpaired) electrons. The lowest BCUT2D eigenvalue weighted by atomic mass is 9.89. The van der Waals surface area contributed by atoms with Gasteiger partial charge in [-0.3, -0.25) is 0 Å². The summed E-state index contributed by atoms with van der Waals surface area (Å²) in [6, 6.07) is 0. The van der Waals surface area contributed by atoms with Gasteiger partial charge in [-0.05, 0) is 30.5 Å². The fourth-order valence-electron chi connectivity index (χ4n) is 1.61. The van der Waals surface area contributed by atoms with E-state index in [1.165, 1.54) is 6.42 Å². The summed E-state index contributed by atoms with van der Waals surface area (Å²) in [5, 5.41) is 3.92. The summed E-state index contributed by atoms with van der Waals surface area (Å²) in [6.07, 6.45) is 1.27. The number of rotatable bonds is 0. The Hall–Kier alpha value is -0.310. The number of nitrogens with zero attached hydrogens (tertiary/aromatic N) is 1. The number of piperidine rings is 1. The Morgan fingerprint density at radius 1 is 1.42 bits per heavy atom. The van der Waals surface area contributed by atoms with E-state index in [4.69, 9.17) is 12.2 Å². The molecule has 0 spiro atoms. The molecule has 70 valence electrons. The van der Waals surface area contributed by atoms with Crippen LogP contribution in [0.5, 0.6) is 0 Å². The maximum Gasteiger partial charge on any atom is 0.168 e. The smallest absolute Gasteiger partial charge is 0.168 e. The zero-order valence-corrected chi connectivity index (χ0v) is 8.95. The second-order valence-electron chi connectivity index (χ2n) is 3.74. The molecule has 1 saturated heterocycles. The molecule has 2 nitrogen and oxygen atoms in total. The molecule has 12 heavy (non-hydrogen) atoms. The highest BCUT2D eigenvalue weighted by molar-refractivity contribution is 7.80. The fraction of sp³-hybridized carbons (Fsp3) is 0.889. The van der Waals surface area contributed by atoms with E-state index in [-0.39, 0.29) is 0 Å². The third kappa shape index (κ3) is 2.09. The van der Waals surface area contributed by atoms with Gasteiger partial charge < -0.3 is 10.2 Å². The van der Waals surface area contributed by atoms with Crippen molar-refractivity contribution in [3.05, 3.63) is 0 Å². The second-order valence-corrected chi connectivity index (χ2v) is 4.13. The van der Waals surface area contributed by atoms with E-state index in [2.05, 4.69) is 24.1 Å². The van der Waals surface area contributed by atoms with Gasteiger partial charge in [-0.25, -0.2) is 0 Å². The number of nitrogens with one attached hydrogen (secondary N) is 1. The van der Waals surface area contributed by atoms with Crippen LogP contribution in [-0.2, 0) is 0 Å². The zero-order valence-electron chi connectivity index (χ0n) is 8.13. The molecule has 1 rings (SSSR count). The molecule has 0 aliphatic carbocycles. The number of thiocarbonyl (C=S) groups is 1. The Morgan fingerprint density at radius 3 is 2.58 bits per heavy atom. The minimum Gasteiger partial charge on any atom is -0.366 e. The lowest BCUT2D eigenvalue weighted by Crippen LogP contribution is -2.45. The minimum atomic E-state index is 0.769. The molecular weight excluding hydrogens is 168 g/mol. The van der Waals surface area contributed by atoms with E-state index in [0.717, 1.165) is 30.0 Å². The van der Waals surface area contributed by atoms with Crippen molar-refractivity contribution in [3.63, 3.8) is 0 Å². The van der Waals surface area contributed by atoms with Crippen LogP contribution in [-0.4, -0.2) is 30.1 Å². The first-order valence-corrected chi connectivity index (χ1v) is 5.02. The summed E-state index contributed by atoms with van der Waals surface area (Å²) >= 11 is 5.18. The molecule has 0 aromatic carbocycles. The number of likely N-dealkylation sites (tertiary alicyclic amines) is 1. The molecule has 0 aromatic rings. The third-order valence-electron chi connectivity index (χ3n) is 2.84. The van der Waals surface area contributed by atoms with Gasteiger partial charge in [0.05, 0.1) is 0 Å². The molecule has 1 aliphatic rings. The molecule has 1 heterocycles. The summed E-state index contributed by atoms with van der Waals surface area (Å²) < 4.78 is 0. The maximum absolute atomic E-state index is 5.18. The monoisotopic (exact) mass is 186 g/mol. The van der Waals surface area contributed by atoms with Crippen molar-refractivity contribution in [2.24, 2.45) is 11.8 Å². The first kappa shape index (κ1) is 9.78. The summed E-state index contributed by atoms with van der Waals surface area (Å²) in [4.78, 5) is 2.26. The van der Waals surface area contributed by atoms with Crippen molar-refractivity contribution in [1.29, 1.82) is 0 Å². The third-order valence-corrected chi connectivity index (χ3v) is 3.30. The Bertz CT molecular complexity index is 170. The van der Waals surface area contributed by atoms with Crippen LogP contribution in [0.2, 0.25) is 0 Å². The van der Waals surface area contributed by atoms with Gasteiger partial charge in [0.15, 0.2) is 5.11 Å². The average molecular weight is 186 g/mol. The maximum atomic E-state index is 5.18. The van der Waals surface area contributed by atoms with Crippen LogP contribution >= 0.6 is 12.2 Å². The van der Waals surface area contributed by atoms with E-state index >= 15 is 0 Å². The molecule has 1 fully saturated rings. The Labute approximate surface area is 80.3 Å². The molecule has 2 atom stereocenters. The predicted molar refractivity (Wildman–Crippen MR) is 56.2 cm³/mol. The van der Waals surface area contributed by atoms with Crippen LogP contribution in [0.3, 0.4) is 0 Å². The van der Waals surface area contributed by atoms with E-state index < -0.39 is 0 Å². The van der Waals surface area contributed by atoms with Gasteiger partial charge >= 0.3 is 0 Å². The minimum absolute atomic E-state index is 0.769. The van der Waals surface area contributed by atoms with Crippen LogP contribution in [0.25, 0.3) is 0 Å². The normalized spacial score (nSPS) is 30.1. The SMILES string of the molecule is CNC(=S)N1CCC(C)C(C)C1. The molecule has 2 unspecified atom stereocenters. The summed E-state index contributed by atoms with van der Waals surface area (Å²) in [5.74, 6) is 1.62. The van der Waals surface area contributed by atoms with Crippen molar-refractivity contribution >= 4 is 17.3 Å². The predicted octanol–water partition coefficient (Wildman–Crippen LogP) is 1.47. The van der Waals surface area contributed by atoms with Gasteiger partial charge in [-0.15, -0.1) is 0 Å². The van der Waals surface area contributed by atoms with Crippen molar-refractivity contribution < 1.29 is 0 Å². The average Bonchev–Trinajstić information content (AvgIpc) is 2.08. The molecule has 0 aromatic heterocycles. The summed E-state index contributed by atoms with van der Waals surface area (Å²) in [7, 11) is 1.89. The number of hydrogen-bond donors (Lipinski definition) is 1. The van der Waals surface area contributed by atoms with Crippen molar-refractivity contribution in [3.8, 4) is 0 Å². The first-order chi connectivity index (χ1) is 5.65. The van der Waals surface area contributed by atoms with Crippen LogP contribution in [0, 0.1) is 11.8 Å². The largest absolute Gasteiger partial charge is 0.366 e. The summed E-state index contributed by atoms with van der Waals surface area (Å²) in [5.41, 5.74) is 0. The van der Waals surface area contributed by atoms with E-state index in [9.17, 15) is 0 Å². The quantitative estimate of drug-likeness (QED) is 0.577. The van der Waals surface area contributed by atoms with Gasteiger partial charge in [0.25, 0.3) is 0 Å². The van der Waals surface area contributed by atoms with Gasteiger partial charge in [0.2, 0.25) is 0 Å². The van der Waals surface area contributed by atoms with Gasteiger partial charge in [-0.1, -0.05) is 13.8 Å². The zero-order chi connectivity index (χ0) is 9.14. The van der Waals surface area contributed by atoms with E-state index in [1.807, 2.05) is 7.05 Å². The number of hydrogen-bond acceptors (Lipinski definition) is 1. The lowest BCUT2D eigenvalue weighted by Gasteiger charge is -2.36. The Kier molecular flexibility index (Phi) is 3.32. The van der Waals surface area contributed by atoms with Crippen LogP contribution < -0.4 is 5.32 Å². The summed E-state index contributed by atoms with van der Waals surface area (Å²) in [6.45, 7) is 6.85. The highest BCUT2D eigenvalue weighted by atomic mass is 32.1. The molecule has 0 amide bonds. The van der Waals surface area contributed by atoms with Crippen LogP contribution in [0.15, 0.2) is 0 Å². The molecule has 0 saturated carbocycles.